The Labute approximate surface area is 102 Å². The van der Waals surface area contributed by atoms with Crippen LogP contribution in [-0.4, -0.2) is 42.6 Å². The van der Waals surface area contributed by atoms with Gasteiger partial charge in [-0.15, -0.1) is 0 Å². The number of rotatable bonds is 5. The van der Waals surface area contributed by atoms with Crippen LogP contribution in [0.1, 0.15) is 23.0 Å². The number of likely N-dealkylation sites (N-methyl/N-ethyl adjacent to an activating group) is 1. The maximum Gasteiger partial charge on any atom is 0.255 e. The Morgan fingerprint density at radius 2 is 2.29 bits per heavy atom. The molecule has 1 aromatic rings. The van der Waals surface area contributed by atoms with Gasteiger partial charge >= 0.3 is 0 Å². The number of carbonyl (C=O) groups is 1. The van der Waals surface area contributed by atoms with E-state index in [-0.39, 0.29) is 5.91 Å². The van der Waals surface area contributed by atoms with Gasteiger partial charge in [0.25, 0.3) is 5.91 Å². The van der Waals surface area contributed by atoms with Crippen molar-refractivity contribution >= 4 is 11.6 Å². The highest BCUT2D eigenvalue weighted by molar-refractivity contribution is 5.95. The van der Waals surface area contributed by atoms with Crippen molar-refractivity contribution in [1.29, 1.82) is 0 Å². The van der Waals surface area contributed by atoms with Crippen LogP contribution in [-0.2, 0) is 4.74 Å². The summed E-state index contributed by atoms with van der Waals surface area (Å²) >= 11 is 0. The van der Waals surface area contributed by atoms with Crippen LogP contribution in [0, 0.1) is 6.92 Å². The molecule has 0 aliphatic carbocycles. The first kappa shape index (κ1) is 13.4. The summed E-state index contributed by atoms with van der Waals surface area (Å²) in [5.41, 5.74) is 7.40. The number of hydrogen-bond acceptors (Lipinski definition) is 4. The molecule has 0 spiro atoms. The van der Waals surface area contributed by atoms with Gasteiger partial charge in [-0.2, -0.15) is 0 Å². The Morgan fingerprint density at radius 1 is 1.59 bits per heavy atom. The first-order valence-corrected chi connectivity index (χ1v) is 5.60. The quantitative estimate of drug-likeness (QED) is 0.832. The smallest absolute Gasteiger partial charge is 0.255 e. The summed E-state index contributed by atoms with van der Waals surface area (Å²) in [7, 11) is 1.62. The minimum Gasteiger partial charge on any atom is -0.397 e. The predicted molar refractivity (Wildman–Crippen MR) is 66.8 cm³/mol. The van der Waals surface area contributed by atoms with Crippen molar-refractivity contribution in [3.05, 3.63) is 23.5 Å². The fourth-order valence-corrected chi connectivity index (χ4v) is 1.54. The Hall–Kier alpha value is -1.62. The Bertz CT molecular complexity index is 393. The molecule has 0 bridgehead atoms. The highest BCUT2D eigenvalue weighted by Crippen LogP contribution is 2.12. The van der Waals surface area contributed by atoms with Crippen LogP contribution in [0.5, 0.6) is 0 Å². The van der Waals surface area contributed by atoms with Crippen LogP contribution in [0.15, 0.2) is 12.3 Å². The van der Waals surface area contributed by atoms with Gasteiger partial charge in [0.1, 0.15) is 0 Å². The van der Waals surface area contributed by atoms with Gasteiger partial charge in [-0.25, -0.2) is 0 Å². The molecule has 1 rings (SSSR count). The SMILES string of the molecule is CCN(CCOC)C(=O)c1cc(N)cnc1C. The second kappa shape index (κ2) is 6.20. The molecule has 0 radical (unpaired) electrons. The minimum atomic E-state index is -0.0538. The first-order chi connectivity index (χ1) is 8.10. The molecule has 5 heteroatoms. The van der Waals surface area contributed by atoms with E-state index in [1.165, 1.54) is 0 Å². The van der Waals surface area contributed by atoms with Gasteiger partial charge < -0.3 is 15.4 Å². The van der Waals surface area contributed by atoms with E-state index in [0.29, 0.717) is 36.6 Å². The molecule has 0 unspecified atom stereocenters. The summed E-state index contributed by atoms with van der Waals surface area (Å²) in [5.74, 6) is -0.0538. The number of pyridine rings is 1. The Balaban J connectivity index is 2.89. The number of nitrogen functional groups attached to an aromatic ring is 1. The number of anilines is 1. The van der Waals surface area contributed by atoms with Gasteiger partial charge in [-0.1, -0.05) is 0 Å². The fourth-order valence-electron chi connectivity index (χ4n) is 1.54. The van der Waals surface area contributed by atoms with E-state index in [9.17, 15) is 4.79 Å². The maximum absolute atomic E-state index is 12.2. The van der Waals surface area contributed by atoms with Gasteiger partial charge in [-0.05, 0) is 19.9 Å². The monoisotopic (exact) mass is 237 g/mol. The van der Waals surface area contributed by atoms with Crippen molar-refractivity contribution in [2.75, 3.05) is 32.5 Å². The summed E-state index contributed by atoms with van der Waals surface area (Å²) < 4.78 is 4.98. The third kappa shape index (κ3) is 3.42. The second-order valence-corrected chi connectivity index (χ2v) is 3.78. The topological polar surface area (TPSA) is 68.5 Å². The summed E-state index contributed by atoms with van der Waals surface area (Å²) in [6.45, 7) is 5.46. The molecule has 0 fully saturated rings. The number of nitrogens with zero attached hydrogens (tertiary/aromatic N) is 2. The summed E-state index contributed by atoms with van der Waals surface area (Å²) in [6, 6.07) is 1.67. The summed E-state index contributed by atoms with van der Waals surface area (Å²) in [6.07, 6.45) is 1.55. The average molecular weight is 237 g/mol. The molecule has 0 aromatic carbocycles. The van der Waals surface area contributed by atoms with E-state index >= 15 is 0 Å². The zero-order chi connectivity index (χ0) is 12.8. The lowest BCUT2D eigenvalue weighted by Crippen LogP contribution is -2.34. The molecule has 1 aromatic heterocycles. The molecule has 0 aliphatic rings. The fraction of sp³-hybridized carbons (Fsp3) is 0.500. The number of hydrogen-bond donors (Lipinski definition) is 1. The summed E-state index contributed by atoms with van der Waals surface area (Å²) in [5, 5.41) is 0. The van der Waals surface area contributed by atoms with Gasteiger partial charge in [-0.3, -0.25) is 9.78 Å². The first-order valence-electron chi connectivity index (χ1n) is 5.60. The van der Waals surface area contributed by atoms with Crippen molar-refractivity contribution in [3.63, 3.8) is 0 Å². The number of carbonyl (C=O) groups excluding carboxylic acids is 1. The van der Waals surface area contributed by atoms with E-state index in [0.717, 1.165) is 0 Å². The largest absolute Gasteiger partial charge is 0.397 e. The lowest BCUT2D eigenvalue weighted by Gasteiger charge is -2.21. The maximum atomic E-state index is 12.2. The molecule has 0 atom stereocenters. The normalized spacial score (nSPS) is 10.3. The molecule has 0 aliphatic heterocycles. The van der Waals surface area contributed by atoms with Crippen LogP contribution in [0.25, 0.3) is 0 Å². The number of aromatic nitrogens is 1. The van der Waals surface area contributed by atoms with E-state index in [1.54, 1.807) is 31.2 Å². The molecule has 2 N–H and O–H groups in total. The minimum absolute atomic E-state index is 0.0538. The highest BCUT2D eigenvalue weighted by atomic mass is 16.5. The van der Waals surface area contributed by atoms with Crippen LogP contribution in [0.2, 0.25) is 0 Å². The number of ether oxygens (including phenoxy) is 1. The summed E-state index contributed by atoms with van der Waals surface area (Å²) in [4.78, 5) is 18.0. The number of amides is 1. The number of aryl methyl sites for hydroxylation is 1. The van der Waals surface area contributed by atoms with Crippen molar-refractivity contribution < 1.29 is 9.53 Å². The van der Waals surface area contributed by atoms with E-state index in [2.05, 4.69) is 4.98 Å². The van der Waals surface area contributed by atoms with Crippen molar-refractivity contribution in [2.24, 2.45) is 0 Å². The Morgan fingerprint density at radius 3 is 2.88 bits per heavy atom. The predicted octanol–water partition coefficient (Wildman–Crippen LogP) is 1.08. The van der Waals surface area contributed by atoms with Crippen LogP contribution >= 0.6 is 0 Å². The third-order valence-electron chi connectivity index (χ3n) is 2.57. The van der Waals surface area contributed by atoms with E-state index in [4.69, 9.17) is 10.5 Å². The van der Waals surface area contributed by atoms with Crippen LogP contribution in [0.3, 0.4) is 0 Å². The number of methoxy groups -OCH3 is 1. The molecule has 17 heavy (non-hydrogen) atoms. The zero-order valence-corrected chi connectivity index (χ0v) is 10.6. The lowest BCUT2D eigenvalue weighted by molar-refractivity contribution is 0.0705. The van der Waals surface area contributed by atoms with Crippen LogP contribution < -0.4 is 5.73 Å². The number of nitrogens with two attached hydrogens (primary N) is 1. The van der Waals surface area contributed by atoms with Gasteiger partial charge in [0.05, 0.1) is 29.7 Å². The standard InChI is InChI=1S/C12H19N3O2/c1-4-15(5-6-17-3)12(16)11-7-10(13)8-14-9(11)2/h7-8H,4-6,13H2,1-3H3. The third-order valence-corrected chi connectivity index (χ3v) is 2.57. The zero-order valence-electron chi connectivity index (χ0n) is 10.6. The van der Waals surface area contributed by atoms with Gasteiger partial charge in [0.15, 0.2) is 0 Å². The van der Waals surface area contributed by atoms with Gasteiger partial charge in [0, 0.05) is 20.2 Å². The highest BCUT2D eigenvalue weighted by Gasteiger charge is 2.16. The van der Waals surface area contributed by atoms with E-state index in [1.807, 2.05) is 6.92 Å². The van der Waals surface area contributed by atoms with E-state index < -0.39 is 0 Å². The molecule has 0 saturated heterocycles. The molecular weight excluding hydrogens is 218 g/mol. The van der Waals surface area contributed by atoms with Crippen molar-refractivity contribution in [2.45, 2.75) is 13.8 Å². The molecule has 0 saturated carbocycles. The molecule has 5 nitrogen and oxygen atoms in total. The molecule has 1 amide bonds. The Kier molecular flexibility index (Phi) is 4.90. The van der Waals surface area contributed by atoms with Gasteiger partial charge in [0.2, 0.25) is 0 Å². The van der Waals surface area contributed by atoms with Crippen molar-refractivity contribution in [1.82, 2.24) is 9.88 Å². The molecular formula is C12H19N3O2. The molecule has 94 valence electrons. The van der Waals surface area contributed by atoms with Crippen LogP contribution in [0.4, 0.5) is 5.69 Å². The van der Waals surface area contributed by atoms with Crippen molar-refractivity contribution in [3.8, 4) is 0 Å². The lowest BCUT2D eigenvalue weighted by atomic mass is 10.1. The molecule has 1 heterocycles. The average Bonchev–Trinajstić information content (AvgIpc) is 2.33. The second-order valence-electron chi connectivity index (χ2n) is 3.78.